The first-order valence-electron chi connectivity index (χ1n) is 5.59. The van der Waals surface area contributed by atoms with E-state index in [0.29, 0.717) is 19.0 Å². The average molecular weight is 223 g/mol. The molecule has 2 amide bonds. The summed E-state index contributed by atoms with van der Waals surface area (Å²) in [7, 11) is 0. The highest BCUT2D eigenvalue weighted by molar-refractivity contribution is 5.76. The van der Waals surface area contributed by atoms with Crippen LogP contribution in [-0.2, 0) is 6.54 Å². The number of urea groups is 1. The second kappa shape index (κ2) is 4.51. The summed E-state index contributed by atoms with van der Waals surface area (Å²) in [5.41, 5.74) is 0.992. The van der Waals surface area contributed by atoms with Crippen molar-refractivity contribution in [3.63, 3.8) is 0 Å². The summed E-state index contributed by atoms with van der Waals surface area (Å²) in [6.45, 7) is 7.09. The maximum absolute atomic E-state index is 11.3. The number of nitrogens with zero attached hydrogens (tertiary/aromatic N) is 4. The molecule has 0 unspecified atom stereocenters. The van der Waals surface area contributed by atoms with Gasteiger partial charge < -0.3 is 10.2 Å². The number of nitrogens with one attached hydrogen (secondary N) is 1. The fourth-order valence-electron chi connectivity index (χ4n) is 1.63. The van der Waals surface area contributed by atoms with E-state index in [9.17, 15) is 4.79 Å². The van der Waals surface area contributed by atoms with Crippen molar-refractivity contribution in [2.24, 2.45) is 0 Å². The van der Waals surface area contributed by atoms with Crippen LogP contribution in [0.15, 0.2) is 6.20 Å². The van der Waals surface area contributed by atoms with Gasteiger partial charge in [0.15, 0.2) is 0 Å². The predicted octanol–water partition coefficient (Wildman–Crippen LogP) is 0.427. The minimum absolute atomic E-state index is 0.0178. The van der Waals surface area contributed by atoms with Gasteiger partial charge in [0.05, 0.1) is 12.2 Å². The molecule has 1 aromatic rings. The minimum atomic E-state index is 0.0178. The zero-order chi connectivity index (χ0) is 11.5. The summed E-state index contributed by atoms with van der Waals surface area (Å²) in [5.74, 6) is 0.392. The first kappa shape index (κ1) is 10.9. The van der Waals surface area contributed by atoms with Gasteiger partial charge in [0, 0.05) is 25.8 Å². The molecule has 0 aliphatic carbocycles. The van der Waals surface area contributed by atoms with Crippen molar-refractivity contribution in [2.45, 2.75) is 26.3 Å². The second-order valence-electron chi connectivity index (χ2n) is 4.28. The smallest absolute Gasteiger partial charge is 0.317 e. The Hall–Kier alpha value is -1.59. The molecule has 0 spiro atoms. The molecule has 0 saturated carbocycles. The maximum Gasteiger partial charge on any atom is 0.317 e. The van der Waals surface area contributed by atoms with E-state index < -0.39 is 0 Å². The van der Waals surface area contributed by atoms with E-state index in [1.807, 2.05) is 6.20 Å². The molecule has 1 N–H and O–H groups in total. The molecule has 0 radical (unpaired) electrons. The molecule has 2 heterocycles. The van der Waals surface area contributed by atoms with Crippen molar-refractivity contribution < 1.29 is 4.79 Å². The normalized spacial score (nSPS) is 15.9. The third-order valence-electron chi connectivity index (χ3n) is 2.69. The predicted molar refractivity (Wildman–Crippen MR) is 59.1 cm³/mol. The van der Waals surface area contributed by atoms with Crippen LogP contribution < -0.4 is 5.32 Å². The molecular formula is C10H17N5O. The average Bonchev–Trinajstić information content (AvgIpc) is 2.83. The van der Waals surface area contributed by atoms with Crippen LogP contribution in [0.2, 0.25) is 0 Å². The molecule has 1 saturated heterocycles. The summed E-state index contributed by atoms with van der Waals surface area (Å²) in [6, 6.07) is 0.0178. The molecule has 6 heteroatoms. The Balaban J connectivity index is 1.87. The number of carbonyl (C=O) groups is 1. The lowest BCUT2D eigenvalue weighted by molar-refractivity contribution is 0.215. The van der Waals surface area contributed by atoms with Crippen molar-refractivity contribution in [2.75, 3.05) is 19.6 Å². The lowest BCUT2D eigenvalue weighted by Gasteiger charge is -2.12. The monoisotopic (exact) mass is 223 g/mol. The molecule has 1 aliphatic rings. The Morgan fingerprint density at radius 1 is 1.50 bits per heavy atom. The van der Waals surface area contributed by atoms with E-state index >= 15 is 0 Å². The Morgan fingerprint density at radius 2 is 2.31 bits per heavy atom. The van der Waals surface area contributed by atoms with Gasteiger partial charge in [0.2, 0.25) is 0 Å². The Bertz CT molecular complexity index is 373. The third-order valence-corrected chi connectivity index (χ3v) is 2.69. The molecule has 1 aliphatic heterocycles. The van der Waals surface area contributed by atoms with Crippen molar-refractivity contribution in [1.82, 2.24) is 25.2 Å². The van der Waals surface area contributed by atoms with Gasteiger partial charge in [-0.2, -0.15) is 0 Å². The quantitative estimate of drug-likeness (QED) is 0.805. The van der Waals surface area contributed by atoms with Gasteiger partial charge in [-0.15, -0.1) is 5.10 Å². The number of aromatic nitrogens is 3. The van der Waals surface area contributed by atoms with E-state index in [0.717, 1.165) is 18.8 Å². The van der Waals surface area contributed by atoms with Gasteiger partial charge in [-0.1, -0.05) is 19.1 Å². The highest BCUT2D eigenvalue weighted by Gasteiger charge is 2.18. The third kappa shape index (κ3) is 2.32. The van der Waals surface area contributed by atoms with Gasteiger partial charge in [-0.05, 0) is 5.92 Å². The molecule has 88 valence electrons. The minimum Gasteiger partial charge on any atom is -0.336 e. The highest BCUT2D eigenvalue weighted by Crippen LogP contribution is 2.09. The molecule has 2 rings (SSSR count). The number of rotatable bonds is 4. The van der Waals surface area contributed by atoms with Crippen LogP contribution in [-0.4, -0.2) is 45.6 Å². The fraction of sp³-hybridized carbons (Fsp3) is 0.700. The highest BCUT2D eigenvalue weighted by atomic mass is 16.2. The summed E-state index contributed by atoms with van der Waals surface area (Å²) in [6.07, 6.45) is 1.94. The van der Waals surface area contributed by atoms with E-state index in [-0.39, 0.29) is 6.03 Å². The zero-order valence-corrected chi connectivity index (χ0v) is 9.68. The fourth-order valence-corrected chi connectivity index (χ4v) is 1.63. The molecule has 0 atom stereocenters. The summed E-state index contributed by atoms with van der Waals surface area (Å²) in [4.78, 5) is 13.1. The van der Waals surface area contributed by atoms with Gasteiger partial charge in [0.25, 0.3) is 0 Å². The van der Waals surface area contributed by atoms with E-state index in [2.05, 4.69) is 29.5 Å². The first-order chi connectivity index (χ1) is 7.66. The SMILES string of the molecule is CC(C)c1cn(CCN2CCNC2=O)nn1. The van der Waals surface area contributed by atoms with Crippen LogP contribution in [0.5, 0.6) is 0 Å². The molecule has 1 fully saturated rings. The number of hydrogen-bond donors (Lipinski definition) is 1. The van der Waals surface area contributed by atoms with Gasteiger partial charge >= 0.3 is 6.03 Å². The van der Waals surface area contributed by atoms with E-state index in [1.165, 1.54) is 0 Å². The molecular weight excluding hydrogens is 206 g/mol. The van der Waals surface area contributed by atoms with Gasteiger partial charge in [0.1, 0.15) is 0 Å². The van der Waals surface area contributed by atoms with Crippen LogP contribution >= 0.6 is 0 Å². The lowest BCUT2D eigenvalue weighted by Crippen LogP contribution is -2.31. The largest absolute Gasteiger partial charge is 0.336 e. The van der Waals surface area contributed by atoms with Crippen molar-refractivity contribution >= 4 is 6.03 Å². The topological polar surface area (TPSA) is 63.0 Å². The number of amides is 2. The van der Waals surface area contributed by atoms with Gasteiger partial charge in [-0.25, -0.2) is 4.79 Å². The maximum atomic E-state index is 11.3. The van der Waals surface area contributed by atoms with Crippen LogP contribution in [0.4, 0.5) is 4.79 Å². The summed E-state index contributed by atoms with van der Waals surface area (Å²) < 4.78 is 1.79. The second-order valence-corrected chi connectivity index (χ2v) is 4.28. The number of carbonyl (C=O) groups excluding carboxylic acids is 1. The molecule has 16 heavy (non-hydrogen) atoms. The molecule has 0 bridgehead atoms. The first-order valence-corrected chi connectivity index (χ1v) is 5.59. The van der Waals surface area contributed by atoms with Crippen molar-refractivity contribution in [3.05, 3.63) is 11.9 Å². The van der Waals surface area contributed by atoms with Crippen molar-refractivity contribution in [3.8, 4) is 0 Å². The molecule has 0 aromatic carbocycles. The zero-order valence-electron chi connectivity index (χ0n) is 9.68. The standard InChI is InChI=1S/C10H17N5O/c1-8(2)9-7-15(13-12-9)6-5-14-4-3-11-10(14)16/h7-8H,3-6H2,1-2H3,(H,11,16). The van der Waals surface area contributed by atoms with Crippen LogP contribution in [0.1, 0.15) is 25.5 Å². The molecule has 6 nitrogen and oxygen atoms in total. The summed E-state index contributed by atoms with van der Waals surface area (Å²) in [5, 5.41) is 10.9. The Morgan fingerprint density at radius 3 is 2.88 bits per heavy atom. The molecule has 1 aromatic heterocycles. The number of hydrogen-bond acceptors (Lipinski definition) is 3. The Labute approximate surface area is 94.6 Å². The van der Waals surface area contributed by atoms with Crippen LogP contribution in [0.3, 0.4) is 0 Å². The Kier molecular flexibility index (Phi) is 3.07. The van der Waals surface area contributed by atoms with Crippen molar-refractivity contribution in [1.29, 1.82) is 0 Å². The van der Waals surface area contributed by atoms with E-state index in [1.54, 1.807) is 9.58 Å². The van der Waals surface area contributed by atoms with Gasteiger partial charge in [-0.3, -0.25) is 4.68 Å². The van der Waals surface area contributed by atoms with Crippen LogP contribution in [0, 0.1) is 0 Å². The van der Waals surface area contributed by atoms with Crippen LogP contribution in [0.25, 0.3) is 0 Å². The lowest BCUT2D eigenvalue weighted by atomic mass is 10.2. The van der Waals surface area contributed by atoms with E-state index in [4.69, 9.17) is 0 Å². The summed E-state index contributed by atoms with van der Waals surface area (Å²) >= 11 is 0.